The predicted octanol–water partition coefficient (Wildman–Crippen LogP) is 1.09. The molecule has 1 aliphatic rings. The van der Waals surface area contributed by atoms with Gasteiger partial charge in [-0.25, -0.2) is 4.79 Å². The fourth-order valence-corrected chi connectivity index (χ4v) is 2.19. The molecule has 1 aliphatic heterocycles. The molecule has 0 aromatic heterocycles. The maximum absolute atomic E-state index is 11.2. The Bertz CT molecular complexity index is 324. The van der Waals surface area contributed by atoms with Crippen LogP contribution >= 0.6 is 0 Å². The molecule has 0 amide bonds. The fraction of sp³-hybridized carbons (Fsp3) is 0.125. The van der Waals surface area contributed by atoms with Gasteiger partial charge in [-0.2, -0.15) is 0 Å². The van der Waals surface area contributed by atoms with Crippen molar-refractivity contribution in [3.05, 3.63) is 29.8 Å². The van der Waals surface area contributed by atoms with Crippen molar-refractivity contribution in [1.29, 1.82) is 0 Å². The molecule has 0 saturated carbocycles. The van der Waals surface area contributed by atoms with Crippen molar-refractivity contribution in [3.63, 3.8) is 0 Å². The smallest absolute Gasteiger partial charge is 0.443 e. The zero-order valence-corrected chi connectivity index (χ0v) is 7.77. The van der Waals surface area contributed by atoms with Gasteiger partial charge in [0.2, 0.25) is 0 Å². The highest BCUT2D eigenvalue weighted by atomic mass is 28.3. The molecule has 0 aliphatic carbocycles. The van der Waals surface area contributed by atoms with Gasteiger partial charge in [0.15, 0.2) is 0 Å². The zero-order valence-electron chi connectivity index (χ0n) is 6.61. The first-order valence-corrected chi connectivity index (χ1v) is 5.84. The van der Waals surface area contributed by atoms with Crippen LogP contribution in [0.15, 0.2) is 24.3 Å². The molecule has 1 aromatic carbocycles. The molecule has 62 valence electrons. The average molecular weight is 180 g/mol. The Morgan fingerprint density at radius 2 is 2.00 bits per heavy atom. The van der Waals surface area contributed by atoms with Crippen LogP contribution in [-0.2, 0) is 4.43 Å². The Morgan fingerprint density at radius 3 is 2.83 bits per heavy atom. The molecule has 2 rings (SSSR count). The Kier molecular flexibility index (Phi) is 1.62. The van der Waals surface area contributed by atoms with E-state index in [0.29, 0.717) is 11.3 Å². The summed E-state index contributed by atoms with van der Waals surface area (Å²) in [5.74, 6) is 0.406. The van der Waals surface area contributed by atoms with Crippen molar-refractivity contribution in [2.75, 3.05) is 0 Å². The third kappa shape index (κ3) is 1.10. The van der Waals surface area contributed by atoms with Gasteiger partial charge >= 0.3 is 15.3 Å². The summed E-state index contributed by atoms with van der Waals surface area (Å²) in [6.07, 6.45) is 0. The van der Waals surface area contributed by atoms with Gasteiger partial charge < -0.3 is 8.85 Å². The SMILES string of the molecule is C[SiH]1OC(=O)c2ccccc2O1. The summed E-state index contributed by atoms with van der Waals surface area (Å²) in [4.78, 5) is 11.2. The van der Waals surface area contributed by atoms with Gasteiger partial charge in [0, 0.05) is 0 Å². The van der Waals surface area contributed by atoms with Gasteiger partial charge in [-0.3, -0.25) is 0 Å². The van der Waals surface area contributed by atoms with Gasteiger partial charge in [0.1, 0.15) is 5.75 Å². The van der Waals surface area contributed by atoms with E-state index < -0.39 is 9.28 Å². The second kappa shape index (κ2) is 2.64. The lowest BCUT2D eigenvalue weighted by atomic mass is 10.2. The van der Waals surface area contributed by atoms with E-state index in [1.807, 2.05) is 12.6 Å². The Balaban J connectivity index is 2.47. The number of para-hydroxylation sites is 1. The fourth-order valence-electron chi connectivity index (χ4n) is 1.16. The average Bonchev–Trinajstić information content (AvgIpc) is 2.04. The van der Waals surface area contributed by atoms with Crippen LogP contribution in [-0.4, -0.2) is 15.3 Å². The molecule has 1 unspecified atom stereocenters. The molecule has 0 bridgehead atoms. The number of benzene rings is 1. The highest BCUT2D eigenvalue weighted by Gasteiger charge is 2.25. The lowest BCUT2D eigenvalue weighted by Crippen LogP contribution is -2.31. The van der Waals surface area contributed by atoms with Crippen molar-refractivity contribution in [2.24, 2.45) is 0 Å². The van der Waals surface area contributed by atoms with Crippen LogP contribution in [0.4, 0.5) is 0 Å². The second-order valence-electron chi connectivity index (χ2n) is 2.59. The molecule has 0 radical (unpaired) electrons. The van der Waals surface area contributed by atoms with Crippen molar-refractivity contribution in [1.82, 2.24) is 0 Å². The summed E-state index contributed by atoms with van der Waals surface area (Å²) in [5, 5.41) is 0. The Labute approximate surface area is 71.8 Å². The standard InChI is InChI=1S/C8H8O3Si/c1-12-10-7-5-3-2-4-6(7)8(9)11-12/h2-5,12H,1H3. The number of carbonyl (C=O) groups excluding carboxylic acids is 1. The van der Waals surface area contributed by atoms with Crippen molar-refractivity contribution >= 4 is 15.3 Å². The number of carbonyl (C=O) groups is 1. The molecule has 1 aromatic rings. The van der Waals surface area contributed by atoms with E-state index in [4.69, 9.17) is 8.85 Å². The molecule has 4 heteroatoms. The van der Waals surface area contributed by atoms with Crippen LogP contribution < -0.4 is 4.43 Å². The summed E-state index contributed by atoms with van der Waals surface area (Å²) in [7, 11) is -1.74. The van der Waals surface area contributed by atoms with Gasteiger partial charge in [-0.1, -0.05) is 12.1 Å². The van der Waals surface area contributed by atoms with Crippen molar-refractivity contribution < 1.29 is 13.6 Å². The van der Waals surface area contributed by atoms with Crippen molar-refractivity contribution in [2.45, 2.75) is 6.55 Å². The number of hydrogen-bond acceptors (Lipinski definition) is 3. The van der Waals surface area contributed by atoms with Gasteiger partial charge in [0.05, 0.1) is 5.56 Å². The highest BCUT2D eigenvalue weighted by molar-refractivity contribution is 6.47. The van der Waals surface area contributed by atoms with E-state index in [2.05, 4.69) is 0 Å². The molecule has 12 heavy (non-hydrogen) atoms. The largest absolute Gasteiger partial charge is 0.513 e. The molecule has 1 atom stereocenters. The van der Waals surface area contributed by atoms with Crippen LogP contribution in [0, 0.1) is 0 Å². The summed E-state index contributed by atoms with van der Waals surface area (Å²) in [5.41, 5.74) is 0.531. The first-order valence-electron chi connectivity index (χ1n) is 3.74. The lowest BCUT2D eigenvalue weighted by molar-refractivity contribution is 0.0683. The quantitative estimate of drug-likeness (QED) is 0.560. The third-order valence-electron chi connectivity index (χ3n) is 1.67. The van der Waals surface area contributed by atoms with Crippen LogP contribution in [0.1, 0.15) is 10.4 Å². The third-order valence-corrected chi connectivity index (χ3v) is 2.80. The molecule has 0 spiro atoms. The molecular formula is C8H8O3Si. The monoisotopic (exact) mass is 180 g/mol. The molecule has 0 saturated heterocycles. The van der Waals surface area contributed by atoms with Crippen molar-refractivity contribution in [3.8, 4) is 5.75 Å². The summed E-state index contributed by atoms with van der Waals surface area (Å²) in [6, 6.07) is 7.14. The van der Waals surface area contributed by atoms with Gasteiger partial charge in [0.25, 0.3) is 0 Å². The van der Waals surface area contributed by atoms with Gasteiger partial charge in [-0.05, 0) is 18.7 Å². The molecule has 0 fully saturated rings. The van der Waals surface area contributed by atoms with E-state index in [1.165, 1.54) is 0 Å². The number of rotatable bonds is 0. The van der Waals surface area contributed by atoms with E-state index in [1.54, 1.807) is 18.2 Å². The summed E-state index contributed by atoms with van der Waals surface area (Å²) >= 11 is 0. The highest BCUT2D eigenvalue weighted by Crippen LogP contribution is 2.23. The Hall–Kier alpha value is -1.29. The van der Waals surface area contributed by atoms with Crippen LogP contribution in [0.25, 0.3) is 0 Å². The lowest BCUT2D eigenvalue weighted by Gasteiger charge is -2.21. The first-order chi connectivity index (χ1) is 5.77. The molecule has 0 N–H and O–H groups in total. The van der Waals surface area contributed by atoms with E-state index in [9.17, 15) is 4.79 Å². The van der Waals surface area contributed by atoms with E-state index in [0.717, 1.165) is 0 Å². The summed E-state index contributed by atoms with van der Waals surface area (Å²) < 4.78 is 10.4. The van der Waals surface area contributed by atoms with E-state index >= 15 is 0 Å². The minimum atomic E-state index is -1.74. The minimum absolute atomic E-state index is 0.254. The van der Waals surface area contributed by atoms with Crippen LogP contribution in [0.3, 0.4) is 0 Å². The van der Waals surface area contributed by atoms with E-state index in [-0.39, 0.29) is 5.97 Å². The molecular weight excluding hydrogens is 172 g/mol. The predicted molar refractivity (Wildman–Crippen MR) is 45.5 cm³/mol. The molecule has 3 nitrogen and oxygen atoms in total. The van der Waals surface area contributed by atoms with Gasteiger partial charge in [-0.15, -0.1) is 0 Å². The first kappa shape index (κ1) is 7.36. The minimum Gasteiger partial charge on any atom is -0.513 e. The second-order valence-corrected chi connectivity index (χ2v) is 4.19. The maximum atomic E-state index is 11.2. The summed E-state index contributed by atoms with van der Waals surface area (Å²) in [6.45, 7) is 1.83. The zero-order chi connectivity index (χ0) is 8.55. The molecule has 1 heterocycles. The Morgan fingerprint density at radius 1 is 1.25 bits per heavy atom. The maximum Gasteiger partial charge on any atom is 0.443 e. The van der Waals surface area contributed by atoms with Crippen LogP contribution in [0.5, 0.6) is 5.75 Å². The van der Waals surface area contributed by atoms with Crippen LogP contribution in [0.2, 0.25) is 6.55 Å². The number of hydrogen-bond donors (Lipinski definition) is 0. The topological polar surface area (TPSA) is 35.5 Å². The number of fused-ring (bicyclic) bond motifs is 1. The normalized spacial score (nSPS) is 20.8.